The number of hydrogen-bond donors (Lipinski definition) is 0. The number of ether oxygens (including phenoxy) is 2. The van der Waals surface area contributed by atoms with Crippen LogP contribution in [0.3, 0.4) is 0 Å². The Labute approximate surface area is 174 Å². The minimum Gasteiger partial charge on any atom is -0.442 e. The van der Waals surface area contributed by atoms with E-state index in [2.05, 4.69) is 17.2 Å². The summed E-state index contributed by atoms with van der Waals surface area (Å²) >= 11 is 0. The molecule has 2 aliphatic rings. The normalized spacial score (nSPS) is 18.6. The van der Waals surface area contributed by atoms with Crippen molar-refractivity contribution in [2.45, 2.75) is 71.6 Å². The van der Waals surface area contributed by atoms with Crippen molar-refractivity contribution in [1.82, 2.24) is 14.3 Å². The molecule has 7 nitrogen and oxygen atoms in total. The number of hydrogen-bond acceptors (Lipinski definition) is 5. The van der Waals surface area contributed by atoms with E-state index in [0.29, 0.717) is 29.7 Å². The third-order valence-corrected chi connectivity index (χ3v) is 5.94. The van der Waals surface area contributed by atoms with Crippen molar-refractivity contribution in [3.8, 4) is 0 Å². The average molecular weight is 409 g/mol. The second kappa shape index (κ2) is 6.67. The van der Waals surface area contributed by atoms with Gasteiger partial charge in [0.1, 0.15) is 11.1 Å². The molecule has 0 bridgehead atoms. The van der Waals surface area contributed by atoms with E-state index in [1.54, 1.807) is 11.5 Å². The van der Waals surface area contributed by atoms with Crippen LogP contribution in [0.2, 0.25) is 0 Å². The summed E-state index contributed by atoms with van der Waals surface area (Å²) in [7, 11) is 0. The Morgan fingerprint density at radius 1 is 1.23 bits per heavy atom. The van der Waals surface area contributed by atoms with Crippen molar-refractivity contribution < 1.29 is 14.3 Å². The first kappa shape index (κ1) is 19.3. The van der Waals surface area contributed by atoms with Gasteiger partial charge in [-0.15, -0.1) is 0 Å². The Kier molecular flexibility index (Phi) is 4.29. The van der Waals surface area contributed by atoms with Gasteiger partial charge in [0.25, 0.3) is 5.56 Å². The topological polar surface area (TPSA) is 78.7 Å². The summed E-state index contributed by atoms with van der Waals surface area (Å²) in [5.74, 6) is 0. The molecule has 0 radical (unpaired) electrons. The average Bonchev–Trinajstić information content (AvgIpc) is 3.43. The molecule has 5 rings (SSSR count). The smallest absolute Gasteiger partial charge is 0.435 e. The molecule has 3 aromatic rings. The van der Waals surface area contributed by atoms with Crippen molar-refractivity contribution in [2.24, 2.45) is 0 Å². The largest absolute Gasteiger partial charge is 0.442 e. The second-order valence-corrected chi connectivity index (χ2v) is 9.42. The first-order valence-electron chi connectivity index (χ1n) is 10.7. The van der Waals surface area contributed by atoms with Crippen LogP contribution in [0.15, 0.2) is 16.9 Å². The van der Waals surface area contributed by atoms with Gasteiger partial charge >= 0.3 is 6.09 Å². The van der Waals surface area contributed by atoms with E-state index >= 15 is 0 Å². The molecule has 1 fully saturated rings. The Morgan fingerprint density at radius 2 is 1.90 bits per heavy atom. The third kappa shape index (κ3) is 3.21. The fraction of sp³-hybridized carbons (Fsp3) is 0.522. The van der Waals surface area contributed by atoms with E-state index in [9.17, 15) is 9.59 Å². The monoisotopic (exact) mass is 409 g/mol. The summed E-state index contributed by atoms with van der Waals surface area (Å²) in [5.41, 5.74) is 3.79. The van der Waals surface area contributed by atoms with Gasteiger partial charge in [0.2, 0.25) is 0 Å². The Bertz CT molecular complexity index is 1240. The Morgan fingerprint density at radius 3 is 2.53 bits per heavy atom. The van der Waals surface area contributed by atoms with Crippen LogP contribution >= 0.6 is 0 Å². The van der Waals surface area contributed by atoms with Crippen LogP contribution in [0.5, 0.6) is 0 Å². The highest BCUT2D eigenvalue weighted by molar-refractivity contribution is 6.05. The number of aromatic nitrogens is 3. The highest BCUT2D eigenvalue weighted by atomic mass is 16.6. The fourth-order valence-corrected chi connectivity index (χ4v) is 4.42. The SMILES string of the molecule is Cc1c2c(=O)n(CC3CO3)c3cc4c(cc3c2nn1C(=O)OC(C)(C)C)CCCC4. The molecule has 0 amide bonds. The molecule has 2 aromatic heterocycles. The molecule has 1 aromatic carbocycles. The number of epoxide rings is 1. The predicted molar refractivity (Wildman–Crippen MR) is 114 cm³/mol. The zero-order chi connectivity index (χ0) is 21.2. The minimum absolute atomic E-state index is 0.0700. The van der Waals surface area contributed by atoms with E-state index < -0.39 is 11.7 Å². The Hall–Kier alpha value is -2.67. The van der Waals surface area contributed by atoms with Crippen LogP contribution in [0.4, 0.5) is 4.79 Å². The quantitative estimate of drug-likeness (QED) is 0.603. The van der Waals surface area contributed by atoms with Crippen LogP contribution < -0.4 is 5.56 Å². The highest BCUT2D eigenvalue weighted by Crippen LogP contribution is 2.31. The van der Waals surface area contributed by atoms with Gasteiger partial charge in [0.15, 0.2) is 0 Å². The molecular formula is C23H27N3O4. The van der Waals surface area contributed by atoms with E-state index in [1.807, 2.05) is 20.8 Å². The van der Waals surface area contributed by atoms with E-state index in [1.165, 1.54) is 28.7 Å². The molecule has 0 N–H and O–H groups in total. The predicted octanol–water partition coefficient (Wildman–Crippen LogP) is 3.72. The van der Waals surface area contributed by atoms with Crippen LogP contribution in [-0.4, -0.2) is 38.8 Å². The van der Waals surface area contributed by atoms with E-state index in [4.69, 9.17) is 9.47 Å². The summed E-state index contributed by atoms with van der Waals surface area (Å²) in [6.45, 7) is 8.38. The standard InChI is InChI=1S/C23H27N3O4/c1-13-19-20(24-26(13)22(28)30-23(2,3)4)17-9-14-7-5-6-8-15(14)10-18(17)25(21(19)27)11-16-12-29-16/h9-10,16H,5-8,11-12H2,1-4H3. The zero-order valence-corrected chi connectivity index (χ0v) is 17.9. The maximum absolute atomic E-state index is 13.5. The molecule has 0 spiro atoms. The van der Waals surface area contributed by atoms with Crippen LogP contribution in [-0.2, 0) is 28.9 Å². The van der Waals surface area contributed by atoms with Gasteiger partial charge in [0, 0.05) is 5.39 Å². The van der Waals surface area contributed by atoms with Gasteiger partial charge in [-0.1, -0.05) is 0 Å². The summed E-state index contributed by atoms with van der Waals surface area (Å²) in [5, 5.41) is 5.96. The number of nitrogens with zero attached hydrogens (tertiary/aromatic N) is 3. The van der Waals surface area contributed by atoms with Gasteiger partial charge in [-0.2, -0.15) is 9.78 Å². The lowest BCUT2D eigenvalue weighted by atomic mass is 9.90. The van der Waals surface area contributed by atoms with Crippen LogP contribution in [0.25, 0.3) is 21.8 Å². The van der Waals surface area contributed by atoms with Crippen molar-refractivity contribution in [2.75, 3.05) is 6.61 Å². The molecule has 0 saturated carbocycles. The second-order valence-electron chi connectivity index (χ2n) is 9.42. The number of rotatable bonds is 2. The van der Waals surface area contributed by atoms with Crippen molar-refractivity contribution in [3.63, 3.8) is 0 Å². The maximum Gasteiger partial charge on any atom is 0.435 e. The lowest BCUT2D eigenvalue weighted by Gasteiger charge is -2.19. The molecule has 1 saturated heterocycles. The molecule has 1 aliphatic heterocycles. The van der Waals surface area contributed by atoms with Crippen molar-refractivity contribution in [1.29, 1.82) is 0 Å². The first-order valence-corrected chi connectivity index (χ1v) is 10.7. The van der Waals surface area contributed by atoms with Gasteiger partial charge in [-0.05, 0) is 76.6 Å². The highest BCUT2D eigenvalue weighted by Gasteiger charge is 2.28. The van der Waals surface area contributed by atoms with Crippen LogP contribution in [0.1, 0.15) is 50.4 Å². The summed E-state index contributed by atoms with van der Waals surface area (Å²) < 4.78 is 14.0. The third-order valence-electron chi connectivity index (χ3n) is 5.94. The molecule has 7 heteroatoms. The molecule has 30 heavy (non-hydrogen) atoms. The lowest BCUT2D eigenvalue weighted by Crippen LogP contribution is -2.28. The van der Waals surface area contributed by atoms with Gasteiger partial charge in [0.05, 0.1) is 35.9 Å². The summed E-state index contributed by atoms with van der Waals surface area (Å²) in [4.78, 5) is 26.3. The zero-order valence-electron chi connectivity index (χ0n) is 17.9. The maximum atomic E-state index is 13.5. The molecule has 158 valence electrons. The van der Waals surface area contributed by atoms with Crippen molar-refractivity contribution in [3.05, 3.63) is 39.3 Å². The molecule has 3 heterocycles. The number of aryl methyl sites for hydroxylation is 3. The first-order chi connectivity index (χ1) is 14.2. The van der Waals surface area contributed by atoms with E-state index in [0.717, 1.165) is 23.7 Å². The minimum atomic E-state index is -0.647. The molecular weight excluding hydrogens is 382 g/mol. The molecule has 1 atom stereocenters. The molecule has 1 aliphatic carbocycles. The Balaban J connectivity index is 1.79. The fourth-order valence-electron chi connectivity index (χ4n) is 4.42. The van der Waals surface area contributed by atoms with Crippen molar-refractivity contribution >= 4 is 27.9 Å². The number of carbonyl (C=O) groups is 1. The van der Waals surface area contributed by atoms with E-state index in [-0.39, 0.29) is 11.7 Å². The number of benzene rings is 1. The lowest BCUT2D eigenvalue weighted by molar-refractivity contribution is 0.0512. The number of pyridine rings is 1. The van der Waals surface area contributed by atoms with Crippen LogP contribution in [0, 0.1) is 6.92 Å². The number of carbonyl (C=O) groups excluding carboxylic acids is 1. The summed E-state index contributed by atoms with van der Waals surface area (Å²) in [6, 6.07) is 4.32. The van der Waals surface area contributed by atoms with Gasteiger partial charge < -0.3 is 14.0 Å². The summed E-state index contributed by atoms with van der Waals surface area (Å²) in [6.07, 6.45) is 3.90. The van der Waals surface area contributed by atoms with Gasteiger partial charge in [-0.3, -0.25) is 4.79 Å². The van der Waals surface area contributed by atoms with Gasteiger partial charge in [-0.25, -0.2) is 4.79 Å². The number of fused-ring (bicyclic) bond motifs is 4. The molecule has 1 unspecified atom stereocenters.